The number of aromatic amines is 1. The molecule has 130 valence electrons. The van der Waals surface area contributed by atoms with Crippen molar-refractivity contribution in [3.8, 4) is 0 Å². The predicted octanol–water partition coefficient (Wildman–Crippen LogP) is 0.714. The van der Waals surface area contributed by atoms with Gasteiger partial charge in [-0.15, -0.1) is 0 Å². The molecule has 2 rings (SSSR count). The molecule has 0 unspecified atom stereocenters. The number of nitrogens with zero attached hydrogens (tertiary/aromatic N) is 1. The topological polar surface area (TPSA) is 110 Å². The normalized spacial score (nSPS) is 11.6. The highest BCUT2D eigenvalue weighted by Crippen LogP contribution is 2.09. The number of carbonyl (C=O) groups is 1. The maximum atomic E-state index is 12.3. The summed E-state index contributed by atoms with van der Waals surface area (Å²) < 4.78 is 1.18. The summed E-state index contributed by atoms with van der Waals surface area (Å²) in [5.74, 6) is -0.201. The van der Waals surface area contributed by atoms with Gasteiger partial charge in [0.25, 0.3) is 11.1 Å². The van der Waals surface area contributed by atoms with Gasteiger partial charge in [-0.1, -0.05) is 26.0 Å². The first-order valence-electron chi connectivity index (χ1n) is 8.17. The zero-order valence-corrected chi connectivity index (χ0v) is 14.1. The second kappa shape index (κ2) is 7.44. The van der Waals surface area contributed by atoms with Crippen LogP contribution in [0.2, 0.25) is 0 Å². The Morgan fingerprint density at radius 3 is 2.46 bits per heavy atom. The molecule has 4 N–H and O–H groups in total. The average molecular weight is 332 g/mol. The van der Waals surface area contributed by atoms with E-state index in [0.29, 0.717) is 17.3 Å². The van der Waals surface area contributed by atoms with E-state index in [2.05, 4.69) is 10.4 Å². The number of aromatic nitrogens is 2. The Morgan fingerprint density at radius 1 is 1.21 bits per heavy atom. The number of fused-ring (bicyclic) bond motifs is 1. The molecule has 1 amide bonds. The van der Waals surface area contributed by atoms with Crippen LogP contribution < -0.4 is 22.2 Å². The lowest BCUT2D eigenvalue weighted by molar-refractivity contribution is -0.121. The van der Waals surface area contributed by atoms with Gasteiger partial charge in [-0.05, 0) is 25.0 Å². The van der Waals surface area contributed by atoms with Gasteiger partial charge < -0.3 is 11.1 Å². The van der Waals surface area contributed by atoms with E-state index in [1.165, 1.54) is 4.68 Å². The Hall–Kier alpha value is -2.41. The van der Waals surface area contributed by atoms with Gasteiger partial charge >= 0.3 is 0 Å². The van der Waals surface area contributed by atoms with Crippen LogP contribution in [0, 0.1) is 0 Å². The third-order valence-corrected chi connectivity index (χ3v) is 4.49. The van der Waals surface area contributed by atoms with Crippen LogP contribution in [0.4, 0.5) is 0 Å². The number of hydrogen-bond acceptors (Lipinski definition) is 4. The fourth-order valence-electron chi connectivity index (χ4n) is 2.48. The second-order valence-corrected chi connectivity index (χ2v) is 6.04. The minimum absolute atomic E-state index is 0.0949. The molecule has 0 saturated carbocycles. The zero-order chi connectivity index (χ0) is 17.7. The van der Waals surface area contributed by atoms with Crippen molar-refractivity contribution in [3.63, 3.8) is 0 Å². The van der Waals surface area contributed by atoms with Crippen molar-refractivity contribution in [1.29, 1.82) is 0 Å². The molecule has 1 heterocycles. The molecule has 0 atom stereocenters. The van der Waals surface area contributed by atoms with Gasteiger partial charge in [0.2, 0.25) is 5.91 Å². The largest absolute Gasteiger partial charge is 0.354 e. The van der Waals surface area contributed by atoms with E-state index in [1.807, 2.05) is 13.8 Å². The first-order valence-corrected chi connectivity index (χ1v) is 8.17. The van der Waals surface area contributed by atoms with E-state index >= 15 is 0 Å². The van der Waals surface area contributed by atoms with E-state index < -0.39 is 5.54 Å². The Morgan fingerprint density at radius 2 is 1.83 bits per heavy atom. The van der Waals surface area contributed by atoms with Gasteiger partial charge in [-0.2, -0.15) is 0 Å². The zero-order valence-electron chi connectivity index (χ0n) is 14.1. The van der Waals surface area contributed by atoms with Gasteiger partial charge in [0, 0.05) is 18.5 Å². The quantitative estimate of drug-likeness (QED) is 0.693. The second-order valence-electron chi connectivity index (χ2n) is 6.04. The molecule has 0 aliphatic rings. The fraction of sp³-hybridized carbons (Fsp3) is 0.471. The SMILES string of the molecule is CCC(N)(CC)CNC(=O)CCn1[nH]c(=O)c2ccccc2c1=O. The van der Waals surface area contributed by atoms with E-state index in [4.69, 9.17) is 5.73 Å². The van der Waals surface area contributed by atoms with Crippen LogP contribution in [0.1, 0.15) is 33.1 Å². The summed E-state index contributed by atoms with van der Waals surface area (Å²) >= 11 is 0. The van der Waals surface area contributed by atoms with Gasteiger partial charge in [0.1, 0.15) is 0 Å². The lowest BCUT2D eigenvalue weighted by Gasteiger charge is -2.26. The number of benzene rings is 1. The first kappa shape index (κ1) is 17.9. The summed E-state index contributed by atoms with van der Waals surface area (Å²) in [5, 5.41) is 6.00. The first-order chi connectivity index (χ1) is 11.4. The number of rotatable bonds is 7. The van der Waals surface area contributed by atoms with E-state index in [0.717, 1.165) is 12.8 Å². The minimum atomic E-state index is -0.413. The fourth-order valence-corrected chi connectivity index (χ4v) is 2.48. The Labute approximate surface area is 139 Å². The summed E-state index contributed by atoms with van der Waals surface area (Å²) in [4.78, 5) is 36.3. The molecule has 1 aromatic heterocycles. The standard InChI is InChI=1S/C17H24N4O3/c1-3-17(18,4-2)11-19-14(22)9-10-21-16(24)13-8-6-5-7-12(13)15(23)20-21/h5-8H,3-4,9-11,18H2,1-2H3,(H,19,22)(H,20,23). The van der Waals surface area contributed by atoms with E-state index in [9.17, 15) is 14.4 Å². The summed E-state index contributed by atoms with van der Waals surface area (Å²) in [6.45, 7) is 4.46. The number of aryl methyl sites for hydroxylation is 1. The molecular weight excluding hydrogens is 308 g/mol. The minimum Gasteiger partial charge on any atom is -0.354 e. The van der Waals surface area contributed by atoms with Crippen LogP contribution >= 0.6 is 0 Å². The van der Waals surface area contributed by atoms with Gasteiger partial charge in [0.05, 0.1) is 17.3 Å². The summed E-state index contributed by atoms with van der Waals surface area (Å²) in [7, 11) is 0. The lowest BCUT2D eigenvalue weighted by Crippen LogP contribution is -2.49. The van der Waals surface area contributed by atoms with Crippen LogP contribution in [0.3, 0.4) is 0 Å². The summed E-state index contributed by atoms with van der Waals surface area (Å²) in [5.41, 5.74) is 5.07. The highest BCUT2D eigenvalue weighted by atomic mass is 16.2. The number of nitrogens with one attached hydrogen (secondary N) is 2. The van der Waals surface area contributed by atoms with Crippen molar-refractivity contribution in [3.05, 3.63) is 45.0 Å². The number of carbonyl (C=O) groups excluding carboxylic acids is 1. The van der Waals surface area contributed by atoms with Crippen LogP contribution in [-0.4, -0.2) is 27.8 Å². The number of hydrogen-bond donors (Lipinski definition) is 3. The maximum absolute atomic E-state index is 12.3. The van der Waals surface area contributed by atoms with Crippen molar-refractivity contribution in [1.82, 2.24) is 15.1 Å². The molecular formula is C17H24N4O3. The highest BCUT2D eigenvalue weighted by molar-refractivity contribution is 5.80. The maximum Gasteiger partial charge on any atom is 0.273 e. The van der Waals surface area contributed by atoms with Crippen molar-refractivity contribution in [2.45, 2.75) is 45.2 Å². The molecule has 2 aromatic rings. The molecule has 1 aromatic carbocycles. The van der Waals surface area contributed by atoms with Crippen LogP contribution in [0.15, 0.2) is 33.9 Å². The van der Waals surface area contributed by atoms with Crippen molar-refractivity contribution in [2.24, 2.45) is 5.73 Å². The third kappa shape index (κ3) is 3.91. The number of H-pyrrole nitrogens is 1. The monoisotopic (exact) mass is 332 g/mol. The molecule has 0 bridgehead atoms. The highest BCUT2D eigenvalue weighted by Gasteiger charge is 2.20. The molecule has 24 heavy (non-hydrogen) atoms. The number of amides is 1. The molecule has 7 heteroatoms. The van der Waals surface area contributed by atoms with Crippen LogP contribution in [0.5, 0.6) is 0 Å². The molecule has 0 radical (unpaired) electrons. The smallest absolute Gasteiger partial charge is 0.273 e. The molecule has 0 aliphatic heterocycles. The molecule has 0 saturated heterocycles. The Bertz CT molecular complexity index is 834. The predicted molar refractivity (Wildman–Crippen MR) is 94.0 cm³/mol. The summed E-state index contributed by atoms with van der Waals surface area (Å²) in [6.07, 6.45) is 1.63. The average Bonchev–Trinajstić information content (AvgIpc) is 2.61. The molecule has 0 fully saturated rings. The van der Waals surface area contributed by atoms with Crippen molar-refractivity contribution < 1.29 is 4.79 Å². The summed E-state index contributed by atoms with van der Waals surface area (Å²) in [6, 6.07) is 6.61. The van der Waals surface area contributed by atoms with Crippen LogP contribution in [0.25, 0.3) is 10.8 Å². The van der Waals surface area contributed by atoms with Crippen LogP contribution in [-0.2, 0) is 11.3 Å². The van der Waals surface area contributed by atoms with Gasteiger partial charge in [-0.3, -0.25) is 19.5 Å². The van der Waals surface area contributed by atoms with Gasteiger partial charge in [0.15, 0.2) is 0 Å². The molecule has 0 spiro atoms. The number of nitrogens with two attached hydrogens (primary N) is 1. The third-order valence-electron chi connectivity index (χ3n) is 4.49. The molecule has 7 nitrogen and oxygen atoms in total. The lowest BCUT2D eigenvalue weighted by atomic mass is 9.94. The van der Waals surface area contributed by atoms with E-state index in [1.54, 1.807) is 24.3 Å². The van der Waals surface area contributed by atoms with Crippen molar-refractivity contribution in [2.75, 3.05) is 6.54 Å². The Balaban J connectivity index is 2.06. The van der Waals surface area contributed by atoms with Gasteiger partial charge in [-0.25, -0.2) is 4.68 Å². The van der Waals surface area contributed by atoms with E-state index in [-0.39, 0.29) is 30.0 Å². The van der Waals surface area contributed by atoms with Crippen molar-refractivity contribution >= 4 is 16.7 Å². The Kier molecular flexibility index (Phi) is 5.56. The molecule has 0 aliphatic carbocycles.